The molecule has 0 heterocycles. The van der Waals surface area contributed by atoms with Crippen molar-refractivity contribution in [2.75, 3.05) is 0 Å². The average Bonchev–Trinajstić information content (AvgIpc) is 2.51. The molecule has 0 aromatic rings. The first-order chi connectivity index (χ1) is 6.34. The number of hydrogen-bond acceptors (Lipinski definition) is 2. The summed E-state index contributed by atoms with van der Waals surface area (Å²) in [6.45, 7) is 2.04. The topological polar surface area (TPSA) is 102 Å². The largest absolute Gasteiger partial charge is 0.466 e. The Morgan fingerprint density at radius 1 is 1.36 bits per heavy atom. The Bertz CT molecular complexity index is 230. The van der Waals surface area contributed by atoms with Gasteiger partial charge in [0.05, 0.1) is 6.07 Å². The van der Waals surface area contributed by atoms with E-state index >= 15 is 0 Å². The van der Waals surface area contributed by atoms with E-state index in [-0.39, 0.29) is 0 Å². The Labute approximate surface area is 83.6 Å². The second-order valence-corrected chi connectivity index (χ2v) is 4.50. The van der Waals surface area contributed by atoms with Gasteiger partial charge in [0.1, 0.15) is 0 Å². The molecule has 1 rings (SSSR count). The van der Waals surface area contributed by atoms with Gasteiger partial charge in [-0.25, -0.2) is 4.57 Å². The molecule has 0 amide bonds. The van der Waals surface area contributed by atoms with E-state index < -0.39 is 7.82 Å². The molecule has 1 unspecified atom stereocenters. The van der Waals surface area contributed by atoms with Gasteiger partial charge in [-0.05, 0) is 25.7 Å². The van der Waals surface area contributed by atoms with Crippen LogP contribution in [0.4, 0.5) is 0 Å². The van der Waals surface area contributed by atoms with Crippen LogP contribution in [0.5, 0.6) is 0 Å². The fourth-order valence-electron chi connectivity index (χ4n) is 1.56. The molecule has 0 saturated heterocycles. The first-order valence-corrected chi connectivity index (χ1v) is 6.09. The molecule has 1 saturated carbocycles. The maximum absolute atomic E-state index is 8.88. The molecule has 0 radical (unpaired) electrons. The fraction of sp³-hybridized carbons (Fsp3) is 0.875. The van der Waals surface area contributed by atoms with Gasteiger partial charge in [-0.1, -0.05) is 12.8 Å². The van der Waals surface area contributed by atoms with Crippen molar-refractivity contribution in [1.29, 1.82) is 5.26 Å². The lowest BCUT2D eigenvalue weighted by atomic mass is 9.94. The van der Waals surface area contributed by atoms with Gasteiger partial charge in [0.2, 0.25) is 0 Å². The predicted molar refractivity (Wildman–Crippen MR) is 51.0 cm³/mol. The maximum Gasteiger partial charge on any atom is 0.466 e. The van der Waals surface area contributed by atoms with E-state index in [2.05, 4.69) is 6.07 Å². The minimum Gasteiger partial charge on any atom is -0.303 e. The van der Waals surface area contributed by atoms with Crippen LogP contribution in [0, 0.1) is 23.2 Å². The second kappa shape index (κ2) is 6.15. The minimum atomic E-state index is -4.64. The highest BCUT2D eigenvalue weighted by Gasteiger charge is 2.20. The normalized spacial score (nSPS) is 19.4. The standard InChI is InChI=1S/C8H13N.H3O4P/c1-7(6-9)8-4-2-3-5-8;1-5(2,3)4/h7-8H,2-5H2,1H3;(H3,1,2,3,4). The lowest BCUT2D eigenvalue weighted by Gasteiger charge is -2.08. The molecule has 1 atom stereocenters. The summed E-state index contributed by atoms with van der Waals surface area (Å²) < 4.78 is 8.88. The summed E-state index contributed by atoms with van der Waals surface area (Å²) in [6, 6.07) is 2.31. The third-order valence-corrected chi connectivity index (χ3v) is 2.31. The molecule has 82 valence electrons. The number of hydrogen-bond donors (Lipinski definition) is 3. The molecule has 0 spiro atoms. The molecule has 0 bridgehead atoms. The number of nitrogens with zero attached hydrogens (tertiary/aromatic N) is 1. The monoisotopic (exact) mass is 221 g/mol. The van der Waals surface area contributed by atoms with Crippen LogP contribution in [0.2, 0.25) is 0 Å². The SMILES string of the molecule is CC(C#N)C1CCCC1.O=P(O)(O)O. The average molecular weight is 221 g/mol. The van der Waals surface area contributed by atoms with Gasteiger partial charge in [-0.15, -0.1) is 0 Å². The van der Waals surface area contributed by atoms with Crippen LogP contribution in [0.25, 0.3) is 0 Å². The molecule has 6 heteroatoms. The third kappa shape index (κ3) is 8.21. The van der Waals surface area contributed by atoms with Crippen molar-refractivity contribution in [1.82, 2.24) is 0 Å². The first kappa shape index (κ1) is 13.6. The van der Waals surface area contributed by atoms with Crippen molar-refractivity contribution in [2.24, 2.45) is 11.8 Å². The number of rotatable bonds is 1. The molecular weight excluding hydrogens is 205 g/mol. The molecule has 1 fully saturated rings. The van der Waals surface area contributed by atoms with Crippen LogP contribution in [0.1, 0.15) is 32.6 Å². The maximum atomic E-state index is 8.88. The molecule has 1 aliphatic carbocycles. The Hall–Kier alpha value is -0.400. The van der Waals surface area contributed by atoms with E-state index in [1.165, 1.54) is 25.7 Å². The van der Waals surface area contributed by atoms with Crippen LogP contribution < -0.4 is 0 Å². The summed E-state index contributed by atoms with van der Waals surface area (Å²) in [4.78, 5) is 21.6. The number of nitriles is 1. The van der Waals surface area contributed by atoms with Gasteiger partial charge in [-0.3, -0.25) is 0 Å². The molecule has 14 heavy (non-hydrogen) atoms. The zero-order valence-electron chi connectivity index (χ0n) is 8.13. The molecule has 1 aliphatic rings. The Balaban J connectivity index is 0.000000292. The van der Waals surface area contributed by atoms with Crippen molar-refractivity contribution < 1.29 is 19.2 Å². The second-order valence-electron chi connectivity index (χ2n) is 3.48. The van der Waals surface area contributed by atoms with Gasteiger partial charge in [0.15, 0.2) is 0 Å². The van der Waals surface area contributed by atoms with E-state index in [0.29, 0.717) is 5.92 Å². The van der Waals surface area contributed by atoms with Crippen LogP contribution >= 0.6 is 7.82 Å². The summed E-state index contributed by atoms with van der Waals surface area (Å²) >= 11 is 0. The van der Waals surface area contributed by atoms with Crippen LogP contribution in [0.3, 0.4) is 0 Å². The summed E-state index contributed by atoms with van der Waals surface area (Å²) in [7, 11) is -4.64. The Kier molecular flexibility index (Phi) is 5.98. The van der Waals surface area contributed by atoms with E-state index in [1.54, 1.807) is 0 Å². The van der Waals surface area contributed by atoms with E-state index in [9.17, 15) is 0 Å². The van der Waals surface area contributed by atoms with Crippen molar-refractivity contribution in [2.45, 2.75) is 32.6 Å². The minimum absolute atomic E-state index is 0.299. The van der Waals surface area contributed by atoms with Gasteiger partial charge in [0.25, 0.3) is 0 Å². The highest BCUT2D eigenvalue weighted by molar-refractivity contribution is 7.45. The first-order valence-electron chi connectivity index (χ1n) is 4.52. The quantitative estimate of drug-likeness (QED) is 0.581. The van der Waals surface area contributed by atoms with Crippen molar-refractivity contribution in [3.8, 4) is 6.07 Å². The fourth-order valence-corrected chi connectivity index (χ4v) is 1.56. The molecule has 3 N–H and O–H groups in total. The van der Waals surface area contributed by atoms with E-state index in [4.69, 9.17) is 24.5 Å². The van der Waals surface area contributed by atoms with Crippen LogP contribution in [-0.2, 0) is 4.57 Å². The lowest BCUT2D eigenvalue weighted by Crippen LogP contribution is -2.03. The van der Waals surface area contributed by atoms with Gasteiger partial charge in [0, 0.05) is 5.92 Å². The number of phosphoric acid groups is 1. The lowest BCUT2D eigenvalue weighted by molar-refractivity contribution is 0.275. The van der Waals surface area contributed by atoms with Crippen LogP contribution in [-0.4, -0.2) is 14.7 Å². The Morgan fingerprint density at radius 2 is 1.71 bits per heavy atom. The smallest absolute Gasteiger partial charge is 0.303 e. The van der Waals surface area contributed by atoms with Crippen molar-refractivity contribution in [3.05, 3.63) is 0 Å². The predicted octanol–water partition coefficient (Wildman–Crippen LogP) is 1.41. The molecule has 0 aromatic heterocycles. The molecular formula is C8H16NO4P. The zero-order valence-corrected chi connectivity index (χ0v) is 9.02. The summed E-state index contributed by atoms with van der Waals surface area (Å²) in [5.41, 5.74) is 0. The van der Waals surface area contributed by atoms with E-state index in [0.717, 1.165) is 5.92 Å². The third-order valence-electron chi connectivity index (χ3n) is 2.31. The highest BCUT2D eigenvalue weighted by atomic mass is 31.2. The van der Waals surface area contributed by atoms with Crippen LogP contribution in [0.15, 0.2) is 0 Å². The summed E-state index contributed by atoms with van der Waals surface area (Å²) in [5, 5.41) is 8.55. The highest BCUT2D eigenvalue weighted by Crippen LogP contribution is 2.30. The zero-order chi connectivity index (χ0) is 11.2. The molecule has 0 aromatic carbocycles. The molecule has 5 nitrogen and oxygen atoms in total. The van der Waals surface area contributed by atoms with E-state index in [1.807, 2.05) is 6.92 Å². The van der Waals surface area contributed by atoms with Crippen molar-refractivity contribution >= 4 is 7.82 Å². The Morgan fingerprint density at radius 3 is 2.00 bits per heavy atom. The van der Waals surface area contributed by atoms with Gasteiger partial charge < -0.3 is 14.7 Å². The van der Waals surface area contributed by atoms with Gasteiger partial charge >= 0.3 is 7.82 Å². The van der Waals surface area contributed by atoms with Crippen molar-refractivity contribution in [3.63, 3.8) is 0 Å². The summed E-state index contributed by atoms with van der Waals surface area (Å²) in [5.74, 6) is 1.02. The molecule has 0 aliphatic heterocycles. The summed E-state index contributed by atoms with van der Waals surface area (Å²) in [6.07, 6.45) is 5.26. The van der Waals surface area contributed by atoms with Gasteiger partial charge in [-0.2, -0.15) is 5.26 Å².